The van der Waals surface area contributed by atoms with E-state index in [0.717, 1.165) is 0 Å². The van der Waals surface area contributed by atoms with Crippen LogP contribution in [-0.4, -0.2) is 24.5 Å². The van der Waals surface area contributed by atoms with Gasteiger partial charge >= 0.3 is 17.9 Å². The minimum Gasteiger partial charge on any atom is -0.465 e. The van der Waals surface area contributed by atoms with E-state index in [1.807, 2.05) is 0 Å². The van der Waals surface area contributed by atoms with E-state index in [2.05, 4.69) is 0 Å². The summed E-state index contributed by atoms with van der Waals surface area (Å²) >= 11 is 0. The second-order valence-electron chi connectivity index (χ2n) is 5.15. The number of hydrogen-bond acceptors (Lipinski definition) is 6. The Balaban J connectivity index is 2.65. The van der Waals surface area contributed by atoms with Crippen molar-refractivity contribution in [1.29, 1.82) is 0 Å². The maximum atomic E-state index is 12.1. The van der Waals surface area contributed by atoms with Crippen molar-refractivity contribution in [3.63, 3.8) is 0 Å². The van der Waals surface area contributed by atoms with Gasteiger partial charge in [0.2, 0.25) is 0 Å². The predicted octanol–water partition coefficient (Wildman–Crippen LogP) is 2.10. The van der Waals surface area contributed by atoms with Crippen LogP contribution in [0, 0.1) is 20.8 Å². The lowest BCUT2D eigenvalue weighted by Gasteiger charge is -2.17. The monoisotopic (exact) mass is 306 g/mol. The third kappa shape index (κ3) is 2.45. The van der Waals surface area contributed by atoms with E-state index >= 15 is 0 Å². The molecule has 0 aromatic heterocycles. The van der Waals surface area contributed by atoms with Gasteiger partial charge in [0.15, 0.2) is 5.92 Å². The Morgan fingerprint density at radius 1 is 1.14 bits per heavy atom. The molecular formula is C16H18O6. The zero-order valence-corrected chi connectivity index (χ0v) is 13.2. The Morgan fingerprint density at radius 2 is 1.77 bits per heavy atom. The van der Waals surface area contributed by atoms with Crippen molar-refractivity contribution >= 4 is 17.9 Å². The van der Waals surface area contributed by atoms with Crippen molar-refractivity contribution in [2.75, 3.05) is 6.61 Å². The molecule has 0 saturated heterocycles. The second kappa shape index (κ2) is 5.79. The molecule has 1 aliphatic rings. The quantitative estimate of drug-likeness (QED) is 0.483. The van der Waals surface area contributed by atoms with Gasteiger partial charge in [-0.25, -0.2) is 0 Å². The van der Waals surface area contributed by atoms with Gasteiger partial charge in [-0.3, -0.25) is 14.4 Å². The average Bonchev–Trinajstić information content (AvgIpc) is 2.79. The van der Waals surface area contributed by atoms with Crippen LogP contribution in [0.2, 0.25) is 0 Å². The van der Waals surface area contributed by atoms with Crippen LogP contribution < -0.4 is 9.47 Å². The Hall–Kier alpha value is -2.37. The fraction of sp³-hybridized carbons (Fsp3) is 0.438. The summed E-state index contributed by atoms with van der Waals surface area (Å²) in [4.78, 5) is 35.4. The fourth-order valence-electron chi connectivity index (χ4n) is 2.61. The van der Waals surface area contributed by atoms with E-state index in [1.165, 1.54) is 6.92 Å². The molecule has 0 radical (unpaired) electrons. The molecular weight excluding hydrogens is 288 g/mol. The summed E-state index contributed by atoms with van der Waals surface area (Å²) in [5.41, 5.74) is 2.32. The topological polar surface area (TPSA) is 78.9 Å². The molecule has 118 valence electrons. The van der Waals surface area contributed by atoms with Gasteiger partial charge in [-0.2, -0.15) is 0 Å². The number of fused-ring (bicyclic) bond motifs is 1. The average molecular weight is 306 g/mol. The Labute approximate surface area is 128 Å². The van der Waals surface area contributed by atoms with Gasteiger partial charge < -0.3 is 14.2 Å². The van der Waals surface area contributed by atoms with Crippen molar-refractivity contribution in [2.24, 2.45) is 0 Å². The number of ether oxygens (including phenoxy) is 3. The summed E-state index contributed by atoms with van der Waals surface area (Å²) in [6.07, 6.45) is 0. The molecule has 1 heterocycles. The molecule has 0 spiro atoms. The first kappa shape index (κ1) is 16.0. The molecule has 1 aliphatic heterocycles. The van der Waals surface area contributed by atoms with Crippen molar-refractivity contribution in [3.05, 3.63) is 22.3 Å². The molecule has 2 rings (SSSR count). The Kier molecular flexibility index (Phi) is 4.21. The summed E-state index contributed by atoms with van der Waals surface area (Å²) in [6.45, 7) is 8.34. The second-order valence-corrected chi connectivity index (χ2v) is 5.15. The molecule has 1 aromatic rings. The van der Waals surface area contributed by atoms with Crippen LogP contribution in [0.15, 0.2) is 0 Å². The first-order chi connectivity index (χ1) is 10.3. The summed E-state index contributed by atoms with van der Waals surface area (Å²) < 4.78 is 15.5. The SMILES string of the molecule is CCOC(=O)C1C(=O)Oc2c(C)c(C)c(OC(C)=O)c(C)c21. The van der Waals surface area contributed by atoms with E-state index in [1.54, 1.807) is 27.7 Å². The number of rotatable bonds is 3. The Morgan fingerprint density at radius 3 is 2.32 bits per heavy atom. The molecule has 0 saturated carbocycles. The zero-order chi connectivity index (χ0) is 16.6. The number of benzene rings is 1. The summed E-state index contributed by atoms with van der Waals surface area (Å²) in [5.74, 6) is -2.22. The molecule has 22 heavy (non-hydrogen) atoms. The van der Waals surface area contributed by atoms with Gasteiger partial charge in [-0.05, 0) is 38.8 Å². The largest absolute Gasteiger partial charge is 0.465 e. The minimum absolute atomic E-state index is 0.165. The summed E-state index contributed by atoms with van der Waals surface area (Å²) in [7, 11) is 0. The lowest BCUT2D eigenvalue weighted by molar-refractivity contribution is -0.151. The molecule has 0 N–H and O–H groups in total. The summed E-state index contributed by atoms with van der Waals surface area (Å²) in [6, 6.07) is 0. The zero-order valence-electron chi connectivity index (χ0n) is 13.2. The number of carbonyl (C=O) groups is 3. The van der Waals surface area contributed by atoms with Crippen LogP contribution in [0.4, 0.5) is 0 Å². The van der Waals surface area contributed by atoms with Gasteiger partial charge in [0.05, 0.1) is 6.61 Å². The van der Waals surface area contributed by atoms with Gasteiger partial charge in [-0.15, -0.1) is 0 Å². The Bertz CT molecular complexity index is 674. The molecule has 1 atom stereocenters. The molecule has 0 amide bonds. The van der Waals surface area contributed by atoms with Crippen molar-refractivity contribution in [2.45, 2.75) is 40.5 Å². The maximum absolute atomic E-state index is 12.1. The highest BCUT2D eigenvalue weighted by Gasteiger charge is 2.43. The van der Waals surface area contributed by atoms with Crippen molar-refractivity contribution in [1.82, 2.24) is 0 Å². The molecule has 6 nitrogen and oxygen atoms in total. The smallest absolute Gasteiger partial charge is 0.330 e. The maximum Gasteiger partial charge on any atom is 0.330 e. The standard InChI is InChI=1S/C16H18O6/c1-6-20-15(18)12-11-9(4)13(21-10(5)17)7(2)8(3)14(11)22-16(12)19/h12H,6H2,1-5H3. The normalized spacial score (nSPS) is 16.0. The van der Waals surface area contributed by atoms with E-state index in [9.17, 15) is 14.4 Å². The first-order valence-electron chi connectivity index (χ1n) is 6.99. The molecule has 6 heteroatoms. The fourth-order valence-corrected chi connectivity index (χ4v) is 2.61. The first-order valence-corrected chi connectivity index (χ1v) is 6.99. The number of carbonyl (C=O) groups excluding carboxylic acids is 3. The number of esters is 3. The highest BCUT2D eigenvalue weighted by molar-refractivity contribution is 6.06. The van der Waals surface area contributed by atoms with Crippen molar-refractivity contribution in [3.8, 4) is 11.5 Å². The summed E-state index contributed by atoms with van der Waals surface area (Å²) in [5, 5.41) is 0. The van der Waals surface area contributed by atoms with Crippen LogP contribution in [0.5, 0.6) is 11.5 Å². The lowest BCUT2D eigenvalue weighted by Crippen LogP contribution is -2.22. The van der Waals surface area contributed by atoms with Gasteiger partial charge in [-0.1, -0.05) is 0 Å². The van der Waals surface area contributed by atoms with E-state index in [-0.39, 0.29) is 6.61 Å². The van der Waals surface area contributed by atoms with Gasteiger partial charge in [0, 0.05) is 18.1 Å². The van der Waals surface area contributed by atoms with Crippen molar-refractivity contribution < 1.29 is 28.6 Å². The van der Waals surface area contributed by atoms with Crippen LogP contribution in [0.3, 0.4) is 0 Å². The molecule has 1 aromatic carbocycles. The number of hydrogen-bond donors (Lipinski definition) is 0. The molecule has 0 bridgehead atoms. The molecule has 1 unspecified atom stereocenters. The highest BCUT2D eigenvalue weighted by atomic mass is 16.6. The van der Waals surface area contributed by atoms with Crippen LogP contribution in [0.25, 0.3) is 0 Å². The third-order valence-corrected chi connectivity index (χ3v) is 3.73. The van der Waals surface area contributed by atoms with Gasteiger partial charge in [0.1, 0.15) is 11.5 Å². The van der Waals surface area contributed by atoms with E-state index < -0.39 is 23.8 Å². The van der Waals surface area contributed by atoms with Crippen LogP contribution >= 0.6 is 0 Å². The van der Waals surface area contributed by atoms with Crippen LogP contribution in [-0.2, 0) is 19.1 Å². The van der Waals surface area contributed by atoms with E-state index in [0.29, 0.717) is 33.8 Å². The predicted molar refractivity (Wildman–Crippen MR) is 77.0 cm³/mol. The van der Waals surface area contributed by atoms with Gasteiger partial charge in [0.25, 0.3) is 0 Å². The van der Waals surface area contributed by atoms with Crippen LogP contribution in [0.1, 0.15) is 42.0 Å². The molecule has 0 fully saturated rings. The third-order valence-electron chi connectivity index (χ3n) is 3.73. The van der Waals surface area contributed by atoms with E-state index in [4.69, 9.17) is 14.2 Å². The lowest BCUT2D eigenvalue weighted by atomic mass is 9.91. The minimum atomic E-state index is -1.14. The highest BCUT2D eigenvalue weighted by Crippen LogP contribution is 2.46. The molecule has 0 aliphatic carbocycles.